The van der Waals surface area contributed by atoms with Crippen LogP contribution in [-0.4, -0.2) is 13.7 Å². The normalized spacial score (nSPS) is 11.6. The number of nitriles is 2. The Kier molecular flexibility index (Phi) is 6.61. The van der Waals surface area contributed by atoms with Crippen molar-refractivity contribution in [2.45, 2.75) is 0 Å². The van der Waals surface area contributed by atoms with Gasteiger partial charge in [0.1, 0.15) is 6.07 Å². The molecule has 0 spiro atoms. The molecule has 0 fully saturated rings. The summed E-state index contributed by atoms with van der Waals surface area (Å²) in [7, 11) is 0. The van der Waals surface area contributed by atoms with E-state index in [0.717, 1.165) is 61.0 Å². The zero-order valence-electron chi connectivity index (χ0n) is 29.5. The summed E-state index contributed by atoms with van der Waals surface area (Å²) >= 11 is 0. The molecule has 55 heavy (non-hydrogen) atoms. The van der Waals surface area contributed by atoms with Crippen molar-refractivity contribution in [1.82, 2.24) is 13.7 Å². The number of fused-ring (bicyclic) bond motifs is 9. The molecule has 5 nitrogen and oxygen atoms in total. The summed E-state index contributed by atoms with van der Waals surface area (Å²) in [6.07, 6.45) is 0. The van der Waals surface area contributed by atoms with E-state index in [-0.39, 0.29) is 0 Å². The fourth-order valence-corrected chi connectivity index (χ4v) is 8.68. The standard InChI is InChI=1S/C50H29N5/c51-30-32-17-24-49-42(27-32)43-29-37(54-47-15-7-3-11-40(47)41-12-4-8-16-48(41)54)23-26-50(43)55(49)44-25-20-34(28-35(44)31-52)33-18-21-36(22-19-33)53-45-13-5-1-9-38(45)39-10-2-6-14-46(39)53/h1-29H. The molecule has 0 amide bonds. The summed E-state index contributed by atoms with van der Waals surface area (Å²) in [5.41, 5.74) is 12.6. The van der Waals surface area contributed by atoms with E-state index in [1.54, 1.807) is 0 Å². The first kappa shape index (κ1) is 30.7. The first-order valence-electron chi connectivity index (χ1n) is 18.3. The summed E-state index contributed by atoms with van der Waals surface area (Å²) in [5, 5.41) is 27.4. The third-order valence-electron chi connectivity index (χ3n) is 11.1. The van der Waals surface area contributed by atoms with Gasteiger partial charge in [0.15, 0.2) is 0 Å². The highest BCUT2D eigenvalue weighted by molar-refractivity contribution is 6.13. The Morgan fingerprint density at radius 1 is 0.327 bits per heavy atom. The maximum Gasteiger partial charge on any atom is 0.101 e. The summed E-state index contributed by atoms with van der Waals surface area (Å²) in [4.78, 5) is 0. The molecular formula is C50H29N5. The van der Waals surface area contributed by atoms with Gasteiger partial charge in [-0.3, -0.25) is 0 Å². The second-order valence-corrected chi connectivity index (χ2v) is 14.0. The van der Waals surface area contributed by atoms with Crippen LogP contribution in [0.4, 0.5) is 0 Å². The molecule has 0 saturated carbocycles. The number of hydrogen-bond donors (Lipinski definition) is 0. The summed E-state index contributed by atoms with van der Waals surface area (Å²) < 4.78 is 6.78. The molecular weight excluding hydrogens is 671 g/mol. The van der Waals surface area contributed by atoms with Gasteiger partial charge in [-0.2, -0.15) is 10.5 Å². The maximum absolute atomic E-state index is 10.6. The van der Waals surface area contributed by atoms with Gasteiger partial charge < -0.3 is 13.7 Å². The number of benzene rings is 8. The van der Waals surface area contributed by atoms with E-state index in [9.17, 15) is 10.5 Å². The molecule has 11 rings (SSSR count). The summed E-state index contributed by atoms with van der Waals surface area (Å²) in [5.74, 6) is 0. The smallest absolute Gasteiger partial charge is 0.101 e. The minimum Gasteiger partial charge on any atom is -0.309 e. The summed E-state index contributed by atoms with van der Waals surface area (Å²) in [6.45, 7) is 0. The van der Waals surface area contributed by atoms with Crippen LogP contribution in [0.5, 0.6) is 0 Å². The third kappa shape index (κ3) is 4.51. The molecule has 254 valence electrons. The van der Waals surface area contributed by atoms with Gasteiger partial charge in [0, 0.05) is 43.7 Å². The summed E-state index contributed by atoms with van der Waals surface area (Å²) in [6, 6.07) is 65.9. The molecule has 0 atom stereocenters. The van der Waals surface area contributed by atoms with Gasteiger partial charge in [0.2, 0.25) is 0 Å². The van der Waals surface area contributed by atoms with Gasteiger partial charge in [0.25, 0.3) is 0 Å². The fraction of sp³-hybridized carbons (Fsp3) is 0. The van der Waals surface area contributed by atoms with Gasteiger partial charge in [-0.1, -0.05) is 91.0 Å². The first-order valence-corrected chi connectivity index (χ1v) is 18.3. The Morgan fingerprint density at radius 3 is 1.33 bits per heavy atom. The van der Waals surface area contributed by atoms with Crippen molar-refractivity contribution in [3.05, 3.63) is 187 Å². The molecule has 0 unspecified atom stereocenters. The van der Waals surface area contributed by atoms with Crippen molar-refractivity contribution in [3.63, 3.8) is 0 Å². The van der Waals surface area contributed by atoms with E-state index in [1.165, 1.54) is 32.6 Å². The van der Waals surface area contributed by atoms with Crippen LogP contribution in [0.15, 0.2) is 176 Å². The van der Waals surface area contributed by atoms with Gasteiger partial charge >= 0.3 is 0 Å². The Morgan fingerprint density at radius 2 is 0.782 bits per heavy atom. The molecule has 0 radical (unpaired) electrons. The van der Waals surface area contributed by atoms with Crippen LogP contribution >= 0.6 is 0 Å². The van der Waals surface area contributed by atoms with Crippen LogP contribution in [0.3, 0.4) is 0 Å². The molecule has 0 aliphatic carbocycles. The molecule has 3 heterocycles. The predicted molar refractivity (Wildman–Crippen MR) is 224 cm³/mol. The monoisotopic (exact) mass is 699 g/mol. The first-order chi connectivity index (χ1) is 27.2. The Bertz CT molecular complexity index is 3350. The lowest BCUT2D eigenvalue weighted by Crippen LogP contribution is -1.99. The van der Waals surface area contributed by atoms with Crippen molar-refractivity contribution >= 4 is 65.4 Å². The van der Waals surface area contributed by atoms with Crippen LogP contribution in [0.25, 0.3) is 93.6 Å². The molecule has 0 aliphatic heterocycles. The van der Waals surface area contributed by atoms with Crippen molar-refractivity contribution in [2.24, 2.45) is 0 Å². The fourth-order valence-electron chi connectivity index (χ4n) is 8.68. The lowest BCUT2D eigenvalue weighted by molar-refractivity contribution is 1.16. The van der Waals surface area contributed by atoms with E-state index in [4.69, 9.17) is 0 Å². The molecule has 5 heteroatoms. The topological polar surface area (TPSA) is 62.4 Å². The van der Waals surface area contributed by atoms with Crippen molar-refractivity contribution < 1.29 is 0 Å². The second kappa shape index (κ2) is 11.8. The second-order valence-electron chi connectivity index (χ2n) is 14.0. The highest BCUT2D eigenvalue weighted by Gasteiger charge is 2.19. The largest absolute Gasteiger partial charge is 0.309 e. The Labute approximate surface area is 316 Å². The van der Waals surface area contributed by atoms with Crippen molar-refractivity contribution in [1.29, 1.82) is 10.5 Å². The lowest BCUT2D eigenvalue weighted by atomic mass is 10.0. The SMILES string of the molecule is N#Cc1ccc2c(c1)c1cc(-n3c4ccccc4c4ccccc43)ccc1n2-c1ccc(-c2ccc(-n3c4ccccc4c4ccccc43)cc2)cc1C#N. The zero-order valence-corrected chi connectivity index (χ0v) is 29.5. The number of rotatable bonds is 4. The lowest BCUT2D eigenvalue weighted by Gasteiger charge is -2.13. The number of nitrogens with zero attached hydrogens (tertiary/aromatic N) is 5. The molecule has 8 aromatic carbocycles. The van der Waals surface area contributed by atoms with Crippen LogP contribution in [0.2, 0.25) is 0 Å². The molecule has 0 N–H and O–H groups in total. The van der Waals surface area contributed by atoms with Gasteiger partial charge in [0.05, 0.1) is 56.0 Å². The van der Waals surface area contributed by atoms with E-state index < -0.39 is 0 Å². The highest BCUT2D eigenvalue weighted by atomic mass is 15.0. The minimum absolute atomic E-state index is 0.568. The Hall–Kier alpha value is -7.86. The third-order valence-corrected chi connectivity index (χ3v) is 11.1. The maximum atomic E-state index is 10.6. The molecule has 0 bridgehead atoms. The van der Waals surface area contributed by atoms with Crippen LogP contribution in [-0.2, 0) is 0 Å². The minimum atomic E-state index is 0.568. The van der Waals surface area contributed by atoms with E-state index in [0.29, 0.717) is 11.1 Å². The van der Waals surface area contributed by atoms with Crippen LogP contribution in [0.1, 0.15) is 11.1 Å². The van der Waals surface area contributed by atoms with Gasteiger partial charge in [-0.25, -0.2) is 0 Å². The van der Waals surface area contributed by atoms with E-state index >= 15 is 0 Å². The zero-order chi connectivity index (χ0) is 36.6. The van der Waals surface area contributed by atoms with Gasteiger partial charge in [-0.15, -0.1) is 0 Å². The number of aromatic nitrogens is 3. The predicted octanol–water partition coefficient (Wildman–Crippen LogP) is 12.4. The Balaban J connectivity index is 1.05. The van der Waals surface area contributed by atoms with Gasteiger partial charge in [-0.05, 0) is 96.1 Å². The number of para-hydroxylation sites is 4. The number of hydrogen-bond acceptors (Lipinski definition) is 2. The van der Waals surface area contributed by atoms with Crippen LogP contribution in [0, 0.1) is 22.7 Å². The van der Waals surface area contributed by atoms with E-state index in [1.807, 2.05) is 30.3 Å². The van der Waals surface area contributed by atoms with Crippen LogP contribution < -0.4 is 0 Å². The molecule has 0 aliphatic rings. The quantitative estimate of drug-likeness (QED) is 0.184. The van der Waals surface area contributed by atoms with Crippen molar-refractivity contribution in [2.75, 3.05) is 0 Å². The molecule has 11 aromatic rings. The molecule has 3 aromatic heterocycles. The molecule has 0 saturated heterocycles. The highest BCUT2D eigenvalue weighted by Crippen LogP contribution is 2.39. The van der Waals surface area contributed by atoms with Crippen molar-refractivity contribution in [3.8, 4) is 40.3 Å². The average molecular weight is 700 g/mol. The average Bonchev–Trinajstić information content (AvgIpc) is 3.89. The van der Waals surface area contributed by atoms with E-state index in [2.05, 4.69) is 171 Å².